The number of aromatic amines is 1. The molecule has 1 aromatic carbocycles. The van der Waals surface area contributed by atoms with Crippen molar-refractivity contribution in [2.24, 2.45) is 0 Å². The first kappa shape index (κ1) is 14.4. The van der Waals surface area contributed by atoms with Gasteiger partial charge in [0.2, 0.25) is 0 Å². The molecule has 6 heteroatoms. The Bertz CT molecular complexity index is 573. The molecule has 0 bridgehead atoms. The van der Waals surface area contributed by atoms with Gasteiger partial charge in [-0.1, -0.05) is 32.9 Å². The number of nitrogens with two attached hydrogens (primary N) is 1. The van der Waals surface area contributed by atoms with Crippen LogP contribution in [0.15, 0.2) is 24.3 Å². The van der Waals surface area contributed by atoms with Crippen molar-refractivity contribution in [1.29, 1.82) is 0 Å². The first-order valence-corrected chi connectivity index (χ1v) is 6.12. The molecule has 1 heterocycles. The molecule has 0 spiro atoms. The Labute approximate surface area is 115 Å². The zero-order chi connectivity index (χ0) is 15.1. The SMILES string of the molecule is CC(C)(C)c1[nH]nc(C(F)(F)F)c1-c1ccc(N)cc1. The lowest BCUT2D eigenvalue weighted by Gasteiger charge is -2.19. The van der Waals surface area contributed by atoms with Crippen LogP contribution < -0.4 is 5.73 Å². The fourth-order valence-corrected chi connectivity index (χ4v) is 2.02. The molecule has 108 valence electrons. The highest BCUT2D eigenvalue weighted by atomic mass is 19.4. The second kappa shape index (κ2) is 4.54. The number of alkyl halides is 3. The van der Waals surface area contributed by atoms with Crippen molar-refractivity contribution in [3.8, 4) is 11.1 Å². The van der Waals surface area contributed by atoms with Gasteiger partial charge in [-0.25, -0.2) is 0 Å². The second-order valence-electron chi connectivity index (χ2n) is 5.69. The van der Waals surface area contributed by atoms with E-state index in [4.69, 9.17) is 5.73 Å². The summed E-state index contributed by atoms with van der Waals surface area (Å²) in [6.45, 7) is 5.50. The van der Waals surface area contributed by atoms with Crippen molar-refractivity contribution in [3.05, 3.63) is 35.7 Å². The number of hydrogen-bond acceptors (Lipinski definition) is 2. The van der Waals surface area contributed by atoms with E-state index in [0.717, 1.165) is 0 Å². The number of aromatic nitrogens is 2. The molecule has 0 saturated heterocycles. The maximum Gasteiger partial charge on any atom is 0.435 e. The topological polar surface area (TPSA) is 54.7 Å². The van der Waals surface area contributed by atoms with Gasteiger partial charge in [-0.05, 0) is 17.7 Å². The van der Waals surface area contributed by atoms with Crippen LogP contribution >= 0.6 is 0 Å². The molecule has 0 unspecified atom stereocenters. The Morgan fingerprint density at radius 3 is 2.05 bits per heavy atom. The minimum absolute atomic E-state index is 0.0880. The summed E-state index contributed by atoms with van der Waals surface area (Å²) in [7, 11) is 0. The molecule has 0 atom stereocenters. The van der Waals surface area contributed by atoms with Crippen molar-refractivity contribution in [1.82, 2.24) is 10.2 Å². The van der Waals surface area contributed by atoms with Gasteiger partial charge in [0.15, 0.2) is 5.69 Å². The van der Waals surface area contributed by atoms with Crippen LogP contribution in [-0.4, -0.2) is 10.2 Å². The van der Waals surface area contributed by atoms with Crippen molar-refractivity contribution in [2.75, 3.05) is 5.73 Å². The highest BCUT2D eigenvalue weighted by Crippen LogP contribution is 2.41. The first-order valence-electron chi connectivity index (χ1n) is 6.12. The third-order valence-electron chi connectivity index (χ3n) is 2.98. The predicted molar refractivity (Wildman–Crippen MR) is 72.1 cm³/mol. The van der Waals surface area contributed by atoms with E-state index in [2.05, 4.69) is 10.2 Å². The number of hydrogen-bond donors (Lipinski definition) is 2. The van der Waals surface area contributed by atoms with Gasteiger partial charge in [0, 0.05) is 22.4 Å². The smallest absolute Gasteiger partial charge is 0.399 e. The fraction of sp³-hybridized carbons (Fsp3) is 0.357. The van der Waals surface area contributed by atoms with Crippen LogP contribution in [-0.2, 0) is 11.6 Å². The Morgan fingerprint density at radius 2 is 1.60 bits per heavy atom. The maximum absolute atomic E-state index is 13.1. The monoisotopic (exact) mass is 283 g/mol. The Hall–Kier alpha value is -1.98. The number of H-pyrrole nitrogens is 1. The quantitative estimate of drug-likeness (QED) is 0.778. The summed E-state index contributed by atoms with van der Waals surface area (Å²) in [5, 5.41) is 6.00. The molecule has 20 heavy (non-hydrogen) atoms. The van der Waals surface area contributed by atoms with Crippen LogP contribution in [0.4, 0.5) is 18.9 Å². The lowest BCUT2D eigenvalue weighted by atomic mass is 9.86. The largest absolute Gasteiger partial charge is 0.435 e. The van der Waals surface area contributed by atoms with Crippen molar-refractivity contribution in [3.63, 3.8) is 0 Å². The number of benzene rings is 1. The maximum atomic E-state index is 13.1. The normalized spacial score (nSPS) is 12.7. The molecule has 0 aliphatic heterocycles. The van der Waals surface area contributed by atoms with E-state index >= 15 is 0 Å². The molecule has 0 fully saturated rings. The van der Waals surface area contributed by atoms with Crippen LogP contribution in [0.3, 0.4) is 0 Å². The highest BCUT2D eigenvalue weighted by Gasteiger charge is 2.40. The van der Waals surface area contributed by atoms with E-state index in [-0.39, 0.29) is 5.56 Å². The molecule has 1 aromatic heterocycles. The van der Waals surface area contributed by atoms with Crippen LogP contribution in [0, 0.1) is 0 Å². The minimum atomic E-state index is -4.50. The van der Waals surface area contributed by atoms with E-state index in [9.17, 15) is 13.2 Å². The number of anilines is 1. The van der Waals surface area contributed by atoms with Gasteiger partial charge in [0.1, 0.15) is 0 Å². The second-order valence-corrected chi connectivity index (χ2v) is 5.69. The summed E-state index contributed by atoms with van der Waals surface area (Å²) in [6.07, 6.45) is -4.50. The van der Waals surface area contributed by atoms with Crippen LogP contribution in [0.1, 0.15) is 32.2 Å². The zero-order valence-electron chi connectivity index (χ0n) is 11.5. The van der Waals surface area contributed by atoms with Crippen LogP contribution in [0.25, 0.3) is 11.1 Å². The molecule has 2 aromatic rings. The summed E-state index contributed by atoms with van der Waals surface area (Å²) in [5.41, 5.74) is 5.70. The van der Waals surface area contributed by atoms with Crippen LogP contribution in [0.5, 0.6) is 0 Å². The molecular formula is C14H16F3N3. The predicted octanol–water partition coefficient (Wildman–Crippen LogP) is 3.98. The summed E-state index contributed by atoms with van der Waals surface area (Å²) >= 11 is 0. The third-order valence-corrected chi connectivity index (χ3v) is 2.98. The standard InChI is InChI=1S/C14H16F3N3/c1-13(2,3)11-10(8-4-6-9(18)7-5-8)12(20-19-11)14(15,16)17/h4-7H,18H2,1-3H3,(H,19,20). The number of nitrogen functional groups attached to an aromatic ring is 1. The lowest BCUT2D eigenvalue weighted by molar-refractivity contribution is -0.140. The molecule has 3 N–H and O–H groups in total. The average Bonchev–Trinajstić information content (AvgIpc) is 2.73. The molecule has 2 rings (SSSR count). The first-order chi connectivity index (χ1) is 9.10. The van der Waals surface area contributed by atoms with E-state index in [1.807, 2.05) is 20.8 Å². The number of nitrogens with zero attached hydrogens (tertiary/aromatic N) is 1. The van der Waals surface area contributed by atoms with Gasteiger partial charge in [0.25, 0.3) is 0 Å². The van der Waals surface area contributed by atoms with Gasteiger partial charge in [-0.2, -0.15) is 18.3 Å². The lowest BCUT2D eigenvalue weighted by Crippen LogP contribution is -2.14. The van der Waals surface area contributed by atoms with E-state index in [1.165, 1.54) is 0 Å². The minimum Gasteiger partial charge on any atom is -0.399 e. The summed E-state index contributed by atoms with van der Waals surface area (Å²) < 4.78 is 39.3. The molecule has 0 amide bonds. The van der Waals surface area contributed by atoms with Gasteiger partial charge in [0.05, 0.1) is 0 Å². The summed E-state index contributed by atoms with van der Waals surface area (Å²) in [5.74, 6) is 0. The Kier molecular flexibility index (Phi) is 3.28. The summed E-state index contributed by atoms with van der Waals surface area (Å²) in [6, 6.07) is 6.30. The molecule has 0 aliphatic rings. The number of halogens is 3. The van der Waals surface area contributed by atoms with E-state index < -0.39 is 17.3 Å². The van der Waals surface area contributed by atoms with Gasteiger partial charge < -0.3 is 5.73 Å². The van der Waals surface area contributed by atoms with Gasteiger partial charge in [-0.3, -0.25) is 5.10 Å². The highest BCUT2D eigenvalue weighted by molar-refractivity contribution is 5.71. The molecule has 0 saturated carbocycles. The van der Waals surface area contributed by atoms with Crippen LogP contribution in [0.2, 0.25) is 0 Å². The van der Waals surface area contributed by atoms with E-state index in [1.54, 1.807) is 24.3 Å². The van der Waals surface area contributed by atoms with Crippen molar-refractivity contribution >= 4 is 5.69 Å². The van der Waals surface area contributed by atoms with Gasteiger partial charge >= 0.3 is 6.18 Å². The Balaban J connectivity index is 2.70. The number of rotatable bonds is 1. The fourth-order valence-electron chi connectivity index (χ4n) is 2.02. The van der Waals surface area contributed by atoms with Crippen molar-refractivity contribution < 1.29 is 13.2 Å². The molecule has 0 aliphatic carbocycles. The molecule has 0 radical (unpaired) electrons. The molecule has 3 nitrogen and oxygen atoms in total. The third kappa shape index (κ3) is 2.64. The average molecular weight is 283 g/mol. The molecular weight excluding hydrogens is 267 g/mol. The van der Waals surface area contributed by atoms with E-state index in [0.29, 0.717) is 16.9 Å². The van der Waals surface area contributed by atoms with Gasteiger partial charge in [-0.15, -0.1) is 0 Å². The summed E-state index contributed by atoms with van der Waals surface area (Å²) in [4.78, 5) is 0. The number of nitrogens with one attached hydrogen (secondary N) is 1. The Morgan fingerprint density at radius 1 is 1.05 bits per heavy atom. The zero-order valence-corrected chi connectivity index (χ0v) is 11.5. The van der Waals surface area contributed by atoms with Crippen molar-refractivity contribution in [2.45, 2.75) is 32.4 Å².